The van der Waals surface area contributed by atoms with Crippen molar-refractivity contribution in [2.45, 2.75) is 20.5 Å². The lowest BCUT2D eigenvalue weighted by atomic mass is 10.1. The maximum absolute atomic E-state index is 12.4. The van der Waals surface area contributed by atoms with Gasteiger partial charge < -0.3 is 9.47 Å². The smallest absolute Gasteiger partial charge is 0.368 e. The highest BCUT2D eigenvalue weighted by atomic mass is 32.2. The summed E-state index contributed by atoms with van der Waals surface area (Å²) in [6, 6.07) is 12.4. The number of hydrogen-bond donors (Lipinski definition) is 0. The van der Waals surface area contributed by atoms with Crippen LogP contribution in [-0.2, 0) is 23.7 Å². The lowest BCUT2D eigenvalue weighted by molar-refractivity contribution is 0.294. The summed E-state index contributed by atoms with van der Waals surface area (Å²) >= 11 is 0. The van der Waals surface area contributed by atoms with Crippen LogP contribution in [0.1, 0.15) is 18.1 Å². The molecule has 0 aliphatic rings. The van der Waals surface area contributed by atoms with Crippen molar-refractivity contribution in [3.63, 3.8) is 0 Å². The van der Waals surface area contributed by atoms with Gasteiger partial charge in [-0.05, 0) is 66.2 Å². The fraction of sp³-hybridized carbons (Fsp3) is 0.273. The van der Waals surface area contributed by atoms with Gasteiger partial charge in [-0.3, -0.25) is 0 Å². The Hall–Kier alpha value is -3.93. The highest BCUT2D eigenvalue weighted by Crippen LogP contribution is 2.29. The molecule has 0 spiro atoms. The van der Waals surface area contributed by atoms with E-state index in [1.807, 2.05) is 19.1 Å². The van der Waals surface area contributed by atoms with Gasteiger partial charge in [0.25, 0.3) is 10.0 Å². The minimum absolute atomic E-state index is 0.0362. The predicted molar refractivity (Wildman–Crippen MR) is 125 cm³/mol. The third-order valence-electron chi connectivity index (χ3n) is 5.34. The fourth-order valence-electron chi connectivity index (χ4n) is 3.42. The van der Waals surface area contributed by atoms with Crippen LogP contribution in [0.5, 0.6) is 11.5 Å². The van der Waals surface area contributed by atoms with Crippen LogP contribution in [0.4, 0.5) is 0 Å². The predicted octanol–water partition coefficient (Wildman–Crippen LogP) is 1.92. The molecule has 0 amide bonds. The Balaban J connectivity index is 1.61. The van der Waals surface area contributed by atoms with Gasteiger partial charge in [-0.2, -0.15) is 18.5 Å². The van der Waals surface area contributed by atoms with E-state index in [1.54, 1.807) is 44.4 Å². The third kappa shape index (κ3) is 4.31. The molecule has 0 aliphatic heterocycles. The van der Waals surface area contributed by atoms with Gasteiger partial charge in [-0.25, -0.2) is 13.2 Å². The van der Waals surface area contributed by atoms with E-state index in [0.29, 0.717) is 28.4 Å². The van der Waals surface area contributed by atoms with Crippen molar-refractivity contribution in [3.8, 4) is 28.4 Å². The molecule has 0 radical (unpaired) electrons. The first-order chi connectivity index (χ1) is 16.2. The van der Waals surface area contributed by atoms with E-state index < -0.39 is 10.0 Å². The van der Waals surface area contributed by atoms with Crippen LogP contribution in [0.2, 0.25) is 0 Å². The van der Waals surface area contributed by atoms with Gasteiger partial charge in [-0.1, -0.05) is 6.07 Å². The Morgan fingerprint density at radius 1 is 1.06 bits per heavy atom. The standard InChI is InChI=1S/C22H24N6O5S/c1-5-34(30,31)27-12-11-18(23-27)16-9-10-20(15(2)13-16)33-14-17-19(7-6-8-21(17)32-4)28-22(29)26(3)24-25-28/h6-13H,5,14H2,1-4H3. The number of rotatable bonds is 8. The van der Waals surface area contributed by atoms with Crippen molar-refractivity contribution in [2.24, 2.45) is 7.05 Å². The van der Waals surface area contributed by atoms with Gasteiger partial charge in [0.2, 0.25) is 0 Å². The lowest BCUT2D eigenvalue weighted by Gasteiger charge is -2.15. The molecular formula is C22H24N6O5S. The number of nitrogens with zero attached hydrogens (tertiary/aromatic N) is 6. The Morgan fingerprint density at radius 3 is 2.50 bits per heavy atom. The summed E-state index contributed by atoms with van der Waals surface area (Å²) in [5.74, 6) is 1.13. The molecule has 0 N–H and O–H groups in total. The summed E-state index contributed by atoms with van der Waals surface area (Å²) in [6.07, 6.45) is 1.44. The first kappa shape index (κ1) is 23.2. The molecule has 4 rings (SSSR count). The fourth-order valence-corrected chi connectivity index (χ4v) is 4.15. The van der Waals surface area contributed by atoms with Crippen molar-refractivity contribution in [2.75, 3.05) is 12.9 Å². The van der Waals surface area contributed by atoms with E-state index >= 15 is 0 Å². The van der Waals surface area contributed by atoms with Gasteiger partial charge in [0.15, 0.2) is 0 Å². The zero-order chi connectivity index (χ0) is 24.5. The van der Waals surface area contributed by atoms with Crippen molar-refractivity contribution in [1.82, 2.24) is 29.0 Å². The minimum Gasteiger partial charge on any atom is -0.496 e. The van der Waals surface area contributed by atoms with E-state index in [9.17, 15) is 13.2 Å². The molecule has 0 unspecified atom stereocenters. The van der Waals surface area contributed by atoms with E-state index in [-0.39, 0.29) is 18.0 Å². The number of aryl methyl sites for hydroxylation is 2. The Labute approximate surface area is 196 Å². The highest BCUT2D eigenvalue weighted by molar-refractivity contribution is 7.89. The Bertz CT molecular complexity index is 1500. The number of tetrazole rings is 1. The second kappa shape index (κ2) is 9.14. The second-order valence-corrected chi connectivity index (χ2v) is 9.61. The molecular weight excluding hydrogens is 460 g/mol. The zero-order valence-electron chi connectivity index (χ0n) is 19.2. The molecule has 0 saturated heterocycles. The molecule has 2 aromatic carbocycles. The van der Waals surface area contributed by atoms with E-state index in [1.165, 1.54) is 17.9 Å². The summed E-state index contributed by atoms with van der Waals surface area (Å²) in [4.78, 5) is 12.4. The quantitative estimate of drug-likeness (QED) is 0.372. The minimum atomic E-state index is -3.44. The molecule has 4 aromatic rings. The molecule has 11 nitrogen and oxygen atoms in total. The van der Waals surface area contributed by atoms with Crippen LogP contribution < -0.4 is 15.2 Å². The number of hydrogen-bond acceptors (Lipinski definition) is 8. The van der Waals surface area contributed by atoms with Gasteiger partial charge in [-0.15, -0.1) is 0 Å². The van der Waals surface area contributed by atoms with Gasteiger partial charge in [0, 0.05) is 18.8 Å². The summed E-state index contributed by atoms with van der Waals surface area (Å²) < 4.78 is 38.9. The van der Waals surface area contributed by atoms with Gasteiger partial charge in [0.1, 0.15) is 18.1 Å². The maximum atomic E-state index is 12.4. The molecule has 2 aromatic heterocycles. The summed E-state index contributed by atoms with van der Waals surface area (Å²) in [5, 5.41) is 11.9. The zero-order valence-corrected chi connectivity index (χ0v) is 20.0. The topological polar surface area (TPSA) is 123 Å². The second-order valence-electron chi connectivity index (χ2n) is 7.50. The van der Waals surface area contributed by atoms with Crippen LogP contribution in [0.25, 0.3) is 16.9 Å². The molecule has 0 saturated carbocycles. The molecule has 2 heterocycles. The average molecular weight is 485 g/mol. The Morgan fingerprint density at radius 2 is 1.85 bits per heavy atom. The number of ether oxygens (including phenoxy) is 2. The molecule has 12 heteroatoms. The van der Waals surface area contributed by atoms with Crippen LogP contribution in [-0.4, -0.2) is 50.3 Å². The van der Waals surface area contributed by atoms with E-state index in [4.69, 9.17) is 9.47 Å². The third-order valence-corrected chi connectivity index (χ3v) is 6.84. The molecule has 0 fully saturated rings. The first-order valence-corrected chi connectivity index (χ1v) is 12.0. The summed E-state index contributed by atoms with van der Waals surface area (Å²) in [5.41, 5.74) is 2.90. The largest absolute Gasteiger partial charge is 0.496 e. The van der Waals surface area contributed by atoms with Gasteiger partial charge >= 0.3 is 5.69 Å². The van der Waals surface area contributed by atoms with Crippen molar-refractivity contribution >= 4 is 10.0 Å². The normalized spacial score (nSPS) is 11.5. The van der Waals surface area contributed by atoms with Crippen LogP contribution >= 0.6 is 0 Å². The number of benzene rings is 2. The van der Waals surface area contributed by atoms with Crippen LogP contribution in [0.3, 0.4) is 0 Å². The highest BCUT2D eigenvalue weighted by Gasteiger charge is 2.17. The van der Waals surface area contributed by atoms with Crippen LogP contribution in [0, 0.1) is 6.92 Å². The average Bonchev–Trinajstić information content (AvgIpc) is 3.46. The number of methoxy groups -OCH3 is 1. The van der Waals surface area contributed by atoms with Crippen LogP contribution in [0.15, 0.2) is 53.5 Å². The molecule has 178 valence electrons. The van der Waals surface area contributed by atoms with E-state index in [2.05, 4.69) is 15.5 Å². The summed E-state index contributed by atoms with van der Waals surface area (Å²) in [6.45, 7) is 3.57. The summed E-state index contributed by atoms with van der Waals surface area (Å²) in [7, 11) is -0.381. The lowest BCUT2D eigenvalue weighted by Crippen LogP contribution is -2.23. The molecule has 34 heavy (non-hydrogen) atoms. The molecule has 0 bridgehead atoms. The maximum Gasteiger partial charge on any atom is 0.368 e. The SMILES string of the molecule is CCS(=O)(=O)n1ccc(-c2ccc(OCc3c(OC)cccc3-n3nnn(C)c3=O)c(C)c2)n1. The van der Waals surface area contributed by atoms with E-state index in [0.717, 1.165) is 19.9 Å². The monoisotopic (exact) mass is 484 g/mol. The number of aromatic nitrogens is 6. The molecule has 0 atom stereocenters. The van der Waals surface area contributed by atoms with Crippen molar-refractivity contribution < 1.29 is 17.9 Å². The van der Waals surface area contributed by atoms with Crippen molar-refractivity contribution in [1.29, 1.82) is 0 Å². The first-order valence-electron chi connectivity index (χ1n) is 10.4. The van der Waals surface area contributed by atoms with Gasteiger partial charge in [0.05, 0.1) is 29.8 Å². The Kier molecular flexibility index (Phi) is 6.24. The molecule has 0 aliphatic carbocycles. The van der Waals surface area contributed by atoms with Crippen molar-refractivity contribution in [3.05, 3.63) is 70.3 Å².